The van der Waals surface area contributed by atoms with Crippen molar-refractivity contribution in [2.24, 2.45) is 0 Å². The van der Waals surface area contributed by atoms with Crippen LogP contribution in [0.2, 0.25) is 0 Å². The largest absolute Gasteiger partial charge is 0.316 e. The van der Waals surface area contributed by atoms with Gasteiger partial charge >= 0.3 is 0 Å². The van der Waals surface area contributed by atoms with Crippen molar-refractivity contribution in [3.63, 3.8) is 0 Å². The summed E-state index contributed by atoms with van der Waals surface area (Å²) in [5, 5.41) is 10.0. The molecule has 13 heavy (non-hydrogen) atoms. The zero-order valence-electron chi connectivity index (χ0n) is 7.32. The Bertz CT molecular complexity index is 377. The van der Waals surface area contributed by atoms with Crippen LogP contribution in [0, 0.1) is 0 Å². The lowest BCUT2D eigenvalue weighted by Crippen LogP contribution is -2.11. The normalized spacial score (nSPS) is 13.4. The standard InChI is InChI=1S/C10H11NOS/c1-7(11-12)10-6-8-4-2-3-5-9(8)13-10/h2-7,11-12H,1H3/t7-/m0/s1. The van der Waals surface area contributed by atoms with Gasteiger partial charge in [-0.25, -0.2) is 0 Å². The summed E-state index contributed by atoms with van der Waals surface area (Å²) in [7, 11) is 0. The summed E-state index contributed by atoms with van der Waals surface area (Å²) in [5.74, 6) is 0. The minimum Gasteiger partial charge on any atom is -0.316 e. The predicted octanol–water partition coefficient (Wildman–Crippen LogP) is 2.94. The number of hydrogen-bond donors (Lipinski definition) is 2. The second kappa shape index (κ2) is 3.46. The van der Waals surface area contributed by atoms with Crippen molar-refractivity contribution in [3.8, 4) is 0 Å². The SMILES string of the molecule is C[C@H](NO)c1cc2ccccc2s1. The minimum absolute atomic E-state index is 0.0115. The molecule has 1 aromatic heterocycles. The van der Waals surface area contributed by atoms with Gasteiger partial charge in [0, 0.05) is 9.58 Å². The highest BCUT2D eigenvalue weighted by Crippen LogP contribution is 2.29. The van der Waals surface area contributed by atoms with Crippen LogP contribution in [0.4, 0.5) is 0 Å². The fourth-order valence-electron chi connectivity index (χ4n) is 1.28. The maximum Gasteiger partial charge on any atom is 0.0634 e. The molecule has 1 atom stereocenters. The van der Waals surface area contributed by atoms with E-state index in [0.29, 0.717) is 0 Å². The molecular weight excluding hydrogens is 182 g/mol. The van der Waals surface area contributed by atoms with Crippen LogP contribution in [0.5, 0.6) is 0 Å². The van der Waals surface area contributed by atoms with Crippen LogP contribution in [0.3, 0.4) is 0 Å². The summed E-state index contributed by atoms with van der Waals surface area (Å²) in [6, 6.07) is 10.3. The van der Waals surface area contributed by atoms with Crippen LogP contribution < -0.4 is 5.48 Å². The minimum atomic E-state index is 0.0115. The van der Waals surface area contributed by atoms with E-state index in [-0.39, 0.29) is 6.04 Å². The highest BCUT2D eigenvalue weighted by Gasteiger charge is 2.07. The van der Waals surface area contributed by atoms with Gasteiger partial charge in [-0.15, -0.1) is 11.3 Å². The van der Waals surface area contributed by atoms with Crippen molar-refractivity contribution >= 4 is 21.4 Å². The molecule has 0 saturated heterocycles. The zero-order chi connectivity index (χ0) is 9.26. The van der Waals surface area contributed by atoms with Crippen molar-refractivity contribution in [2.75, 3.05) is 0 Å². The Labute approximate surface area is 80.8 Å². The second-order valence-corrected chi connectivity index (χ2v) is 4.15. The molecule has 0 aliphatic carbocycles. The first-order valence-corrected chi connectivity index (χ1v) is 5.01. The smallest absolute Gasteiger partial charge is 0.0634 e. The third kappa shape index (κ3) is 1.58. The Morgan fingerprint density at radius 1 is 1.38 bits per heavy atom. The van der Waals surface area contributed by atoms with Crippen LogP contribution in [-0.4, -0.2) is 5.21 Å². The topological polar surface area (TPSA) is 32.3 Å². The Balaban J connectivity index is 2.49. The van der Waals surface area contributed by atoms with E-state index in [1.807, 2.05) is 19.1 Å². The highest BCUT2D eigenvalue weighted by atomic mass is 32.1. The van der Waals surface area contributed by atoms with Crippen molar-refractivity contribution in [3.05, 3.63) is 35.2 Å². The molecule has 2 nitrogen and oxygen atoms in total. The Morgan fingerprint density at radius 2 is 2.15 bits per heavy atom. The van der Waals surface area contributed by atoms with Gasteiger partial charge in [0.1, 0.15) is 0 Å². The molecule has 0 fully saturated rings. The van der Waals surface area contributed by atoms with Gasteiger partial charge in [0.2, 0.25) is 0 Å². The first kappa shape index (κ1) is 8.69. The summed E-state index contributed by atoms with van der Waals surface area (Å²) in [5.41, 5.74) is 2.25. The summed E-state index contributed by atoms with van der Waals surface area (Å²) in [6.07, 6.45) is 0. The molecule has 2 rings (SSSR count). The van der Waals surface area contributed by atoms with Gasteiger partial charge in [0.05, 0.1) is 6.04 Å². The average Bonchev–Trinajstić information content (AvgIpc) is 2.59. The van der Waals surface area contributed by atoms with Crippen molar-refractivity contribution in [1.82, 2.24) is 5.48 Å². The van der Waals surface area contributed by atoms with Crippen molar-refractivity contribution in [2.45, 2.75) is 13.0 Å². The zero-order valence-corrected chi connectivity index (χ0v) is 8.14. The monoisotopic (exact) mass is 193 g/mol. The van der Waals surface area contributed by atoms with E-state index in [9.17, 15) is 0 Å². The van der Waals surface area contributed by atoms with Crippen molar-refractivity contribution < 1.29 is 5.21 Å². The van der Waals surface area contributed by atoms with Gasteiger partial charge in [-0.1, -0.05) is 18.2 Å². The number of benzene rings is 1. The summed E-state index contributed by atoms with van der Waals surface area (Å²) >= 11 is 1.71. The Hall–Kier alpha value is -0.900. The molecule has 1 heterocycles. The van der Waals surface area contributed by atoms with Crippen LogP contribution in [0.15, 0.2) is 30.3 Å². The molecule has 0 spiro atoms. The van der Waals surface area contributed by atoms with Gasteiger partial charge < -0.3 is 5.21 Å². The molecule has 0 aliphatic rings. The molecule has 0 radical (unpaired) electrons. The highest BCUT2D eigenvalue weighted by molar-refractivity contribution is 7.19. The predicted molar refractivity (Wildman–Crippen MR) is 55.2 cm³/mol. The number of nitrogens with one attached hydrogen (secondary N) is 1. The average molecular weight is 193 g/mol. The summed E-state index contributed by atoms with van der Waals surface area (Å²) in [6.45, 7) is 1.94. The van der Waals surface area contributed by atoms with E-state index in [1.54, 1.807) is 11.3 Å². The molecule has 0 unspecified atom stereocenters. The third-order valence-corrected chi connectivity index (χ3v) is 3.36. The van der Waals surface area contributed by atoms with E-state index >= 15 is 0 Å². The van der Waals surface area contributed by atoms with Gasteiger partial charge in [-0.05, 0) is 24.4 Å². The lowest BCUT2D eigenvalue weighted by molar-refractivity contribution is 0.135. The molecule has 0 amide bonds. The number of hydroxylamine groups is 1. The molecule has 0 saturated carbocycles. The van der Waals surface area contributed by atoms with Gasteiger partial charge in [0.15, 0.2) is 0 Å². The van der Waals surface area contributed by atoms with Gasteiger partial charge in [0.25, 0.3) is 0 Å². The van der Waals surface area contributed by atoms with E-state index in [0.717, 1.165) is 4.88 Å². The van der Waals surface area contributed by atoms with Gasteiger partial charge in [-0.2, -0.15) is 5.48 Å². The van der Waals surface area contributed by atoms with Crippen LogP contribution in [0.1, 0.15) is 17.8 Å². The second-order valence-electron chi connectivity index (χ2n) is 3.04. The van der Waals surface area contributed by atoms with E-state index in [4.69, 9.17) is 5.21 Å². The molecule has 68 valence electrons. The fraction of sp³-hybridized carbons (Fsp3) is 0.200. The molecule has 0 bridgehead atoms. The maximum atomic E-state index is 8.77. The van der Waals surface area contributed by atoms with Gasteiger partial charge in [-0.3, -0.25) is 0 Å². The van der Waals surface area contributed by atoms with E-state index < -0.39 is 0 Å². The summed E-state index contributed by atoms with van der Waals surface area (Å²) in [4.78, 5) is 1.16. The number of rotatable bonds is 2. The molecule has 2 aromatic rings. The third-order valence-electron chi connectivity index (χ3n) is 2.07. The lowest BCUT2D eigenvalue weighted by atomic mass is 10.2. The Morgan fingerprint density at radius 3 is 2.85 bits per heavy atom. The quantitative estimate of drug-likeness (QED) is 0.719. The fourth-order valence-corrected chi connectivity index (χ4v) is 2.34. The van der Waals surface area contributed by atoms with E-state index in [1.165, 1.54) is 10.1 Å². The summed E-state index contributed by atoms with van der Waals surface area (Å²) < 4.78 is 1.26. The van der Waals surface area contributed by atoms with Crippen LogP contribution >= 0.6 is 11.3 Å². The van der Waals surface area contributed by atoms with E-state index in [2.05, 4.69) is 23.7 Å². The first-order valence-electron chi connectivity index (χ1n) is 4.19. The van der Waals surface area contributed by atoms with Crippen LogP contribution in [-0.2, 0) is 0 Å². The molecular formula is C10H11NOS. The number of thiophene rings is 1. The maximum absolute atomic E-state index is 8.77. The molecule has 1 aromatic carbocycles. The molecule has 2 N–H and O–H groups in total. The van der Waals surface area contributed by atoms with Crippen molar-refractivity contribution in [1.29, 1.82) is 0 Å². The first-order chi connectivity index (χ1) is 6.31. The molecule has 0 aliphatic heterocycles. The Kier molecular flexibility index (Phi) is 2.31. The lowest BCUT2D eigenvalue weighted by Gasteiger charge is -2.03. The van der Waals surface area contributed by atoms with Crippen LogP contribution in [0.25, 0.3) is 10.1 Å². The number of hydrogen-bond acceptors (Lipinski definition) is 3. The molecule has 3 heteroatoms. The number of fused-ring (bicyclic) bond motifs is 1.